The van der Waals surface area contributed by atoms with Crippen molar-refractivity contribution in [3.8, 4) is 5.75 Å². The first-order valence-electron chi connectivity index (χ1n) is 12.0. The molecule has 1 N–H and O–H groups in total. The number of nitro benzene ring substituents is 1. The second-order valence-electron chi connectivity index (χ2n) is 10.1. The molecule has 4 rings (SSSR count). The maximum atomic E-state index is 14.8. The number of hydrogen-bond acceptors (Lipinski definition) is 9. The van der Waals surface area contributed by atoms with Crippen molar-refractivity contribution in [3.05, 3.63) is 63.7 Å². The van der Waals surface area contributed by atoms with Crippen LogP contribution in [0.5, 0.6) is 5.75 Å². The quantitative estimate of drug-likeness (QED) is 0.196. The van der Waals surface area contributed by atoms with Gasteiger partial charge in [-0.1, -0.05) is 5.16 Å². The second kappa shape index (κ2) is 10.6. The molecule has 1 aromatic carbocycles. The third-order valence-electron chi connectivity index (χ3n) is 5.99. The molecule has 0 unspecified atom stereocenters. The van der Waals surface area contributed by atoms with Crippen molar-refractivity contribution in [2.75, 3.05) is 5.32 Å². The summed E-state index contributed by atoms with van der Waals surface area (Å²) in [5, 5.41) is 22.0. The summed E-state index contributed by atoms with van der Waals surface area (Å²) in [5.74, 6) is 0.238. The summed E-state index contributed by atoms with van der Waals surface area (Å²) in [5.41, 5.74) is 0.585. The average Bonchev–Trinajstić information content (AvgIpc) is 3.53. The van der Waals surface area contributed by atoms with Crippen LogP contribution in [0, 0.1) is 17.0 Å². The number of non-ortho nitro benzene ring substituents is 1. The zero-order chi connectivity index (χ0) is 27.6. The summed E-state index contributed by atoms with van der Waals surface area (Å²) in [4.78, 5) is 35.0. The summed E-state index contributed by atoms with van der Waals surface area (Å²) < 4.78 is 31.8. The zero-order valence-corrected chi connectivity index (χ0v) is 21.3. The van der Waals surface area contributed by atoms with E-state index in [1.54, 1.807) is 23.7 Å². The molecule has 0 spiro atoms. The topological polar surface area (TPSA) is 152 Å². The number of ether oxygens (including phenoxy) is 2. The molecular formula is C25H28FN5O7. The highest BCUT2D eigenvalue weighted by molar-refractivity contribution is 5.91. The third-order valence-corrected chi connectivity index (χ3v) is 5.99. The second-order valence-corrected chi connectivity index (χ2v) is 10.1. The van der Waals surface area contributed by atoms with Crippen LogP contribution >= 0.6 is 0 Å². The third kappa shape index (κ3) is 6.33. The first-order chi connectivity index (χ1) is 17.9. The molecule has 202 valence electrons. The Balaban J connectivity index is 1.41. The van der Waals surface area contributed by atoms with Crippen LogP contribution in [0.25, 0.3) is 0 Å². The maximum Gasteiger partial charge on any atom is 0.514 e. The van der Waals surface area contributed by atoms with Crippen molar-refractivity contribution < 1.29 is 32.9 Å². The number of aromatic nitrogens is 3. The number of hydrogen-bond donors (Lipinski definition) is 1. The molecule has 3 atom stereocenters. The normalized spacial score (nSPS) is 19.2. The van der Waals surface area contributed by atoms with Crippen LogP contribution in [0.2, 0.25) is 0 Å². The minimum atomic E-state index is -1.45. The Kier molecular flexibility index (Phi) is 7.46. The molecular weight excluding hydrogens is 501 g/mol. The molecule has 3 aromatic rings. The Morgan fingerprint density at radius 2 is 1.95 bits per heavy atom. The molecule has 1 fully saturated rings. The van der Waals surface area contributed by atoms with Gasteiger partial charge in [-0.25, -0.2) is 13.9 Å². The Labute approximate surface area is 217 Å². The number of halogens is 1. The summed E-state index contributed by atoms with van der Waals surface area (Å²) >= 11 is 0. The zero-order valence-electron chi connectivity index (χ0n) is 21.3. The molecule has 0 saturated heterocycles. The van der Waals surface area contributed by atoms with Crippen molar-refractivity contribution in [1.82, 2.24) is 14.9 Å². The van der Waals surface area contributed by atoms with Gasteiger partial charge in [-0.2, -0.15) is 5.10 Å². The van der Waals surface area contributed by atoms with Crippen LogP contribution in [0.15, 0.2) is 40.9 Å². The number of benzene rings is 1. The van der Waals surface area contributed by atoms with E-state index in [-0.39, 0.29) is 42.5 Å². The van der Waals surface area contributed by atoms with Gasteiger partial charge in [0, 0.05) is 30.2 Å². The molecule has 0 aliphatic heterocycles. The molecule has 2 heterocycles. The predicted molar refractivity (Wildman–Crippen MR) is 132 cm³/mol. The molecule has 2 aromatic heterocycles. The fraction of sp³-hybridized carbons (Fsp3) is 0.440. The number of carbonyl (C=O) groups is 2. The van der Waals surface area contributed by atoms with Gasteiger partial charge in [0.05, 0.1) is 28.3 Å². The van der Waals surface area contributed by atoms with E-state index in [4.69, 9.17) is 14.0 Å². The summed E-state index contributed by atoms with van der Waals surface area (Å²) in [7, 11) is 0. The summed E-state index contributed by atoms with van der Waals surface area (Å²) in [6, 6.07) is 8.24. The highest BCUT2D eigenvalue weighted by Gasteiger charge is 2.40. The van der Waals surface area contributed by atoms with Gasteiger partial charge in [0.1, 0.15) is 29.6 Å². The lowest BCUT2D eigenvalue weighted by atomic mass is 10.0. The van der Waals surface area contributed by atoms with E-state index in [2.05, 4.69) is 15.6 Å². The van der Waals surface area contributed by atoms with Crippen molar-refractivity contribution in [2.45, 2.75) is 70.7 Å². The highest BCUT2D eigenvalue weighted by atomic mass is 19.1. The molecule has 1 aliphatic rings. The SMILES string of the molecule is Cc1cc(CC(=O)Nc2cc([C@@H]3C[C@H](OC(=O)Oc4ccc([N+](=O)[O-])cc4)[C@@H](F)C3)nn2C(C)(C)C)on1. The van der Waals surface area contributed by atoms with Crippen LogP contribution in [0.1, 0.15) is 56.7 Å². The molecule has 13 heteroatoms. The lowest BCUT2D eigenvalue weighted by molar-refractivity contribution is -0.384. The largest absolute Gasteiger partial charge is 0.514 e. The van der Waals surface area contributed by atoms with Gasteiger partial charge in [-0.05, 0) is 52.7 Å². The standard InChI is InChI=1S/C25H28FN5O7/c1-14-9-18(38-29-14)12-23(32)27-22-13-20(28-30(22)25(2,3)4)15-10-19(26)21(11-15)37-24(33)36-17-7-5-16(6-8-17)31(34)35/h5-9,13,15,19,21H,10-12H2,1-4H3,(H,27,32)/t15-,19-,21-/m0/s1. The average molecular weight is 530 g/mol. The first kappa shape index (κ1) is 26.8. The van der Waals surface area contributed by atoms with Gasteiger partial charge < -0.3 is 19.3 Å². The van der Waals surface area contributed by atoms with Crippen LogP contribution < -0.4 is 10.1 Å². The van der Waals surface area contributed by atoms with E-state index in [0.717, 1.165) is 0 Å². The Morgan fingerprint density at radius 1 is 1.24 bits per heavy atom. The Hall–Kier alpha value is -4.29. The van der Waals surface area contributed by atoms with Crippen molar-refractivity contribution in [1.29, 1.82) is 0 Å². The Morgan fingerprint density at radius 3 is 2.55 bits per heavy atom. The number of alkyl halides is 1. The molecule has 12 nitrogen and oxygen atoms in total. The lowest BCUT2D eigenvalue weighted by Crippen LogP contribution is -2.27. The number of carbonyl (C=O) groups excluding carboxylic acids is 2. The fourth-order valence-electron chi connectivity index (χ4n) is 4.24. The summed E-state index contributed by atoms with van der Waals surface area (Å²) in [6.45, 7) is 7.53. The van der Waals surface area contributed by atoms with Gasteiger partial charge in [0.25, 0.3) is 5.69 Å². The van der Waals surface area contributed by atoms with E-state index in [1.165, 1.54) is 24.3 Å². The van der Waals surface area contributed by atoms with Gasteiger partial charge in [-0.15, -0.1) is 0 Å². The molecule has 0 bridgehead atoms. The van der Waals surface area contributed by atoms with E-state index in [1.807, 2.05) is 20.8 Å². The van der Waals surface area contributed by atoms with Crippen molar-refractivity contribution in [2.24, 2.45) is 0 Å². The van der Waals surface area contributed by atoms with Crippen LogP contribution in [-0.4, -0.2) is 44.2 Å². The number of amides is 1. The summed E-state index contributed by atoms with van der Waals surface area (Å²) in [6.07, 6.45) is -3.38. The monoisotopic (exact) mass is 529 g/mol. The van der Waals surface area contributed by atoms with Gasteiger partial charge in [0.2, 0.25) is 5.91 Å². The van der Waals surface area contributed by atoms with Crippen LogP contribution in [0.4, 0.5) is 20.7 Å². The number of aryl methyl sites for hydroxylation is 1. The predicted octanol–water partition coefficient (Wildman–Crippen LogP) is 4.82. The maximum absolute atomic E-state index is 14.8. The van der Waals surface area contributed by atoms with Crippen molar-refractivity contribution >= 4 is 23.6 Å². The highest BCUT2D eigenvalue weighted by Crippen LogP contribution is 2.39. The van der Waals surface area contributed by atoms with Gasteiger partial charge >= 0.3 is 6.16 Å². The van der Waals surface area contributed by atoms with E-state index >= 15 is 0 Å². The van der Waals surface area contributed by atoms with Crippen molar-refractivity contribution in [3.63, 3.8) is 0 Å². The first-order valence-corrected chi connectivity index (χ1v) is 12.0. The van der Waals surface area contributed by atoms with E-state index in [9.17, 15) is 24.1 Å². The minimum absolute atomic E-state index is 0.00569. The fourth-order valence-corrected chi connectivity index (χ4v) is 4.24. The van der Waals surface area contributed by atoms with E-state index < -0.39 is 28.9 Å². The lowest BCUT2D eigenvalue weighted by Gasteiger charge is -2.22. The number of anilines is 1. The molecule has 1 amide bonds. The van der Waals surface area contributed by atoms with Crippen LogP contribution in [0.3, 0.4) is 0 Å². The number of rotatable bonds is 7. The van der Waals surface area contributed by atoms with Gasteiger partial charge in [-0.3, -0.25) is 14.9 Å². The molecule has 38 heavy (non-hydrogen) atoms. The minimum Gasteiger partial charge on any atom is -0.428 e. The van der Waals surface area contributed by atoms with Gasteiger partial charge in [0.15, 0.2) is 0 Å². The Bertz CT molecular complexity index is 1330. The number of nitrogens with one attached hydrogen (secondary N) is 1. The van der Waals surface area contributed by atoms with Crippen LogP contribution in [-0.2, 0) is 21.5 Å². The molecule has 0 radical (unpaired) electrons. The van der Waals surface area contributed by atoms with E-state index in [0.29, 0.717) is 23.0 Å². The molecule has 1 aliphatic carbocycles. The smallest absolute Gasteiger partial charge is 0.428 e. The molecule has 1 saturated carbocycles. The number of nitro groups is 1. The number of nitrogens with zero attached hydrogens (tertiary/aromatic N) is 4.